The lowest BCUT2D eigenvalue weighted by Gasteiger charge is -1.96. The maximum atomic E-state index is 5.75. The van der Waals surface area contributed by atoms with Gasteiger partial charge in [0.25, 0.3) is 0 Å². The van der Waals surface area contributed by atoms with Crippen molar-refractivity contribution in [1.82, 2.24) is 4.98 Å². The summed E-state index contributed by atoms with van der Waals surface area (Å²) in [6.07, 6.45) is 5.41. The fourth-order valence-corrected chi connectivity index (χ4v) is 1.59. The van der Waals surface area contributed by atoms with E-state index in [0.29, 0.717) is 23.2 Å². The molecule has 0 saturated carbocycles. The summed E-state index contributed by atoms with van der Waals surface area (Å²) in [6.45, 7) is 3.76. The molecule has 4 heteroatoms. The van der Waals surface area contributed by atoms with Crippen LogP contribution in [0, 0.1) is 0 Å². The molecule has 0 aliphatic carbocycles. The van der Waals surface area contributed by atoms with Crippen LogP contribution in [-0.2, 0) is 0 Å². The molecular formula is C14H15N3O. The number of rotatable bonds is 3. The molecule has 0 aliphatic rings. The fraction of sp³-hybridized carbons (Fsp3) is 0.143. The topological polar surface area (TPSA) is 64.4 Å². The summed E-state index contributed by atoms with van der Waals surface area (Å²) < 4.78 is 5.68. The number of oxazole rings is 1. The average Bonchev–Trinajstić information content (AvgIpc) is 2.74. The predicted octanol–water partition coefficient (Wildman–Crippen LogP) is 3.68. The second kappa shape index (κ2) is 5.31. The summed E-state index contributed by atoms with van der Waals surface area (Å²) in [4.78, 5) is 8.54. The lowest BCUT2D eigenvalue weighted by Crippen LogP contribution is -1.84. The van der Waals surface area contributed by atoms with Crippen molar-refractivity contribution in [3.63, 3.8) is 0 Å². The van der Waals surface area contributed by atoms with Crippen LogP contribution in [0.5, 0.6) is 0 Å². The highest BCUT2D eigenvalue weighted by atomic mass is 16.4. The molecule has 0 bridgehead atoms. The molecule has 0 fully saturated rings. The van der Waals surface area contributed by atoms with E-state index in [1.807, 2.05) is 50.3 Å². The molecule has 0 atom stereocenters. The Bertz CT molecular complexity index is 567. The quantitative estimate of drug-likeness (QED) is 0.658. The molecule has 92 valence electrons. The van der Waals surface area contributed by atoms with Crippen LogP contribution in [-0.4, -0.2) is 11.2 Å². The van der Waals surface area contributed by atoms with E-state index >= 15 is 0 Å². The number of anilines is 1. The number of nitrogen functional groups attached to an aromatic ring is 1. The Balaban J connectivity index is 2.49. The molecule has 1 aromatic carbocycles. The van der Waals surface area contributed by atoms with Gasteiger partial charge in [-0.25, -0.2) is 4.99 Å². The van der Waals surface area contributed by atoms with Crippen LogP contribution in [0.4, 0.5) is 11.5 Å². The number of aliphatic imine (C=N–C) groups is 1. The lowest BCUT2D eigenvalue weighted by atomic mass is 10.2. The number of benzene rings is 1. The van der Waals surface area contributed by atoms with E-state index in [9.17, 15) is 0 Å². The fourth-order valence-electron chi connectivity index (χ4n) is 1.59. The molecule has 2 N–H and O–H groups in total. The van der Waals surface area contributed by atoms with Crippen LogP contribution < -0.4 is 5.73 Å². The molecule has 2 rings (SSSR count). The average molecular weight is 241 g/mol. The van der Waals surface area contributed by atoms with E-state index in [1.54, 1.807) is 6.21 Å². The Labute approximate surface area is 106 Å². The van der Waals surface area contributed by atoms with Gasteiger partial charge in [0.05, 0.1) is 0 Å². The largest absolute Gasteiger partial charge is 0.434 e. The van der Waals surface area contributed by atoms with Gasteiger partial charge in [-0.2, -0.15) is 4.98 Å². The van der Waals surface area contributed by atoms with Crippen molar-refractivity contribution >= 4 is 23.8 Å². The van der Waals surface area contributed by atoms with Gasteiger partial charge in [-0.3, -0.25) is 0 Å². The number of aromatic nitrogens is 1. The summed E-state index contributed by atoms with van der Waals surface area (Å²) in [7, 11) is 0. The highest BCUT2D eigenvalue weighted by Gasteiger charge is 2.11. The molecule has 0 spiro atoms. The third kappa shape index (κ3) is 2.48. The van der Waals surface area contributed by atoms with E-state index in [-0.39, 0.29) is 0 Å². The summed E-state index contributed by atoms with van der Waals surface area (Å²) in [6, 6.07) is 7.42. The van der Waals surface area contributed by atoms with Crippen LogP contribution >= 0.6 is 0 Å². The van der Waals surface area contributed by atoms with Gasteiger partial charge in [-0.1, -0.05) is 12.1 Å². The number of hydrogen-bond acceptors (Lipinski definition) is 4. The number of nitrogens with zero attached hydrogens (tertiary/aromatic N) is 2. The van der Waals surface area contributed by atoms with Crippen molar-refractivity contribution in [3.05, 3.63) is 36.1 Å². The number of allylic oxidation sites excluding steroid dienone is 1. The summed E-state index contributed by atoms with van der Waals surface area (Å²) in [5.74, 6) is 1.75. The summed E-state index contributed by atoms with van der Waals surface area (Å²) in [5.41, 5.74) is 7.27. The molecule has 0 saturated heterocycles. The van der Waals surface area contributed by atoms with Crippen LogP contribution in [0.2, 0.25) is 0 Å². The predicted molar refractivity (Wildman–Crippen MR) is 74.9 cm³/mol. The third-order valence-electron chi connectivity index (χ3n) is 2.34. The standard InChI is InChI=1S/C14H15N3O/c1-3-6-12-13(16-4-2)17-14(18-12)10-7-5-8-11(15)9-10/h3-9H,15H2,1-2H3/b6-3-,16-4-. The number of nitrogens with two attached hydrogens (primary N) is 1. The van der Waals surface area contributed by atoms with Gasteiger partial charge in [-0.15, -0.1) is 0 Å². The molecule has 0 radical (unpaired) electrons. The van der Waals surface area contributed by atoms with Crippen LogP contribution in [0.15, 0.2) is 39.8 Å². The van der Waals surface area contributed by atoms with Gasteiger partial charge in [0.2, 0.25) is 5.89 Å². The molecule has 1 aromatic heterocycles. The maximum Gasteiger partial charge on any atom is 0.228 e. The summed E-state index contributed by atoms with van der Waals surface area (Å²) >= 11 is 0. The van der Waals surface area contributed by atoms with E-state index in [0.717, 1.165) is 5.56 Å². The Morgan fingerprint density at radius 1 is 1.33 bits per heavy atom. The van der Waals surface area contributed by atoms with Gasteiger partial charge < -0.3 is 10.2 Å². The SMILES string of the molecule is C/C=C\c1oc(-c2cccc(N)c2)nc1/N=C\C. The minimum absolute atomic E-state index is 0.524. The molecule has 1 heterocycles. The molecule has 18 heavy (non-hydrogen) atoms. The van der Waals surface area contributed by atoms with Gasteiger partial charge in [0.1, 0.15) is 0 Å². The highest BCUT2D eigenvalue weighted by Crippen LogP contribution is 2.28. The van der Waals surface area contributed by atoms with Gasteiger partial charge in [0.15, 0.2) is 11.6 Å². The van der Waals surface area contributed by atoms with Crippen LogP contribution in [0.25, 0.3) is 17.5 Å². The van der Waals surface area contributed by atoms with Crippen molar-refractivity contribution in [2.75, 3.05) is 5.73 Å². The molecule has 4 nitrogen and oxygen atoms in total. The minimum Gasteiger partial charge on any atom is -0.434 e. The van der Waals surface area contributed by atoms with Crippen LogP contribution in [0.3, 0.4) is 0 Å². The zero-order valence-corrected chi connectivity index (χ0v) is 10.4. The maximum absolute atomic E-state index is 5.75. The Morgan fingerprint density at radius 2 is 2.17 bits per heavy atom. The van der Waals surface area contributed by atoms with Gasteiger partial charge in [-0.05, 0) is 38.1 Å². The van der Waals surface area contributed by atoms with Gasteiger partial charge in [0, 0.05) is 17.5 Å². The van der Waals surface area contributed by atoms with Gasteiger partial charge >= 0.3 is 0 Å². The second-order valence-corrected chi connectivity index (χ2v) is 3.72. The van der Waals surface area contributed by atoms with Crippen molar-refractivity contribution in [1.29, 1.82) is 0 Å². The first kappa shape index (κ1) is 12.1. The first-order valence-electron chi connectivity index (χ1n) is 5.72. The highest BCUT2D eigenvalue weighted by molar-refractivity contribution is 5.68. The third-order valence-corrected chi connectivity index (χ3v) is 2.34. The molecule has 2 aromatic rings. The summed E-state index contributed by atoms with van der Waals surface area (Å²) in [5, 5.41) is 0. The van der Waals surface area contributed by atoms with Crippen molar-refractivity contribution in [2.24, 2.45) is 4.99 Å². The molecular weight excluding hydrogens is 226 g/mol. The molecule has 0 amide bonds. The first-order chi connectivity index (χ1) is 8.74. The van der Waals surface area contributed by atoms with E-state index in [1.165, 1.54) is 0 Å². The monoisotopic (exact) mass is 241 g/mol. The van der Waals surface area contributed by atoms with E-state index < -0.39 is 0 Å². The zero-order chi connectivity index (χ0) is 13.0. The van der Waals surface area contributed by atoms with E-state index in [2.05, 4.69) is 9.98 Å². The first-order valence-corrected chi connectivity index (χ1v) is 5.72. The van der Waals surface area contributed by atoms with Crippen LogP contribution in [0.1, 0.15) is 19.6 Å². The minimum atomic E-state index is 0.524. The normalized spacial score (nSPS) is 11.7. The van der Waals surface area contributed by atoms with E-state index in [4.69, 9.17) is 10.2 Å². The van der Waals surface area contributed by atoms with Crippen molar-refractivity contribution < 1.29 is 4.42 Å². The number of hydrogen-bond donors (Lipinski definition) is 1. The second-order valence-electron chi connectivity index (χ2n) is 3.72. The Kier molecular flexibility index (Phi) is 3.57. The lowest BCUT2D eigenvalue weighted by molar-refractivity contribution is 0.565. The zero-order valence-electron chi connectivity index (χ0n) is 10.4. The molecule has 0 aliphatic heterocycles. The van der Waals surface area contributed by atoms with Crippen molar-refractivity contribution in [2.45, 2.75) is 13.8 Å². The Morgan fingerprint density at radius 3 is 2.83 bits per heavy atom. The van der Waals surface area contributed by atoms with Crippen molar-refractivity contribution in [3.8, 4) is 11.5 Å². The Hall–Kier alpha value is -2.36. The smallest absolute Gasteiger partial charge is 0.228 e. The molecule has 0 unspecified atom stereocenters.